The minimum absolute atomic E-state index is 0.0752. The molecule has 2 N–H and O–H groups in total. The van der Waals surface area contributed by atoms with Gasteiger partial charge >= 0.3 is 12.0 Å². The molecule has 4 aliphatic carbocycles. The maximum absolute atomic E-state index is 13.1. The van der Waals surface area contributed by atoms with Gasteiger partial charge in [-0.25, -0.2) is 9.59 Å². The molecule has 0 radical (unpaired) electrons. The van der Waals surface area contributed by atoms with Crippen molar-refractivity contribution in [1.82, 2.24) is 5.32 Å². The number of anilines is 1. The van der Waals surface area contributed by atoms with Gasteiger partial charge in [0.1, 0.15) is 6.04 Å². The lowest BCUT2D eigenvalue weighted by molar-refractivity contribution is -0.159. The molecule has 6 nitrogen and oxygen atoms in total. The van der Waals surface area contributed by atoms with Crippen LogP contribution in [0.3, 0.4) is 0 Å². The fraction of sp³-hybridized carbons (Fsp3) is 0.625. The van der Waals surface area contributed by atoms with Crippen LogP contribution in [0.2, 0.25) is 0 Å². The molecule has 0 heterocycles. The Morgan fingerprint density at radius 3 is 2.10 bits per heavy atom. The highest BCUT2D eigenvalue weighted by Gasteiger charge is 2.54. The van der Waals surface area contributed by atoms with Crippen LogP contribution in [-0.2, 0) is 14.3 Å². The standard InChI is InChI=1S/C24H32N2O4/c1-15(2)21(26-23(29)25-19-6-4-3-5-7-19)22(28)30-14-20(27)24-11-16-8-17(12-24)10-18(9-16)13-24/h3-7,15-18,21H,8-14H2,1-2H3,(H2,25,26,29)/t16?,17?,18?,21-,24?/m1/s1. The fourth-order valence-electron chi connectivity index (χ4n) is 6.16. The summed E-state index contributed by atoms with van der Waals surface area (Å²) in [6.07, 6.45) is 6.68. The van der Waals surface area contributed by atoms with Crippen molar-refractivity contribution in [2.24, 2.45) is 29.1 Å². The van der Waals surface area contributed by atoms with E-state index in [9.17, 15) is 14.4 Å². The van der Waals surface area contributed by atoms with Crippen LogP contribution < -0.4 is 10.6 Å². The second-order valence-electron chi connectivity index (χ2n) is 9.91. The topological polar surface area (TPSA) is 84.5 Å². The van der Waals surface area contributed by atoms with Gasteiger partial charge in [0, 0.05) is 11.1 Å². The summed E-state index contributed by atoms with van der Waals surface area (Å²) in [7, 11) is 0. The van der Waals surface area contributed by atoms with E-state index in [-0.39, 0.29) is 23.7 Å². The molecule has 4 saturated carbocycles. The highest BCUT2D eigenvalue weighted by atomic mass is 16.5. The van der Waals surface area contributed by atoms with Crippen molar-refractivity contribution >= 4 is 23.5 Å². The Labute approximate surface area is 178 Å². The number of Topliss-reactive ketones (excluding diaryl/α,β-unsaturated/α-hetero) is 1. The summed E-state index contributed by atoms with van der Waals surface area (Å²) in [6, 6.07) is 7.76. The third kappa shape index (κ3) is 4.37. The molecule has 2 amide bonds. The van der Waals surface area contributed by atoms with E-state index in [2.05, 4.69) is 10.6 Å². The monoisotopic (exact) mass is 412 g/mol. The Hall–Kier alpha value is -2.37. The van der Waals surface area contributed by atoms with E-state index >= 15 is 0 Å². The number of para-hydroxylation sites is 1. The predicted octanol–water partition coefficient (Wildman–Crippen LogP) is 4.16. The van der Waals surface area contributed by atoms with Gasteiger partial charge in [0.2, 0.25) is 0 Å². The molecule has 1 aromatic rings. The van der Waals surface area contributed by atoms with Crippen LogP contribution in [0.5, 0.6) is 0 Å². The molecule has 30 heavy (non-hydrogen) atoms. The molecule has 4 aliphatic rings. The van der Waals surface area contributed by atoms with Gasteiger partial charge in [0.15, 0.2) is 12.4 Å². The molecule has 162 valence electrons. The van der Waals surface area contributed by atoms with E-state index in [0.29, 0.717) is 23.4 Å². The second kappa shape index (κ2) is 8.40. The van der Waals surface area contributed by atoms with Crippen LogP contribution in [0.15, 0.2) is 30.3 Å². The number of amides is 2. The number of nitrogens with one attached hydrogen (secondary N) is 2. The summed E-state index contributed by atoms with van der Waals surface area (Å²) in [5, 5.41) is 5.40. The van der Waals surface area contributed by atoms with Crippen LogP contribution in [0.1, 0.15) is 52.4 Å². The molecule has 0 aromatic heterocycles. The molecule has 1 atom stereocenters. The van der Waals surface area contributed by atoms with E-state index in [1.54, 1.807) is 12.1 Å². The highest BCUT2D eigenvalue weighted by molar-refractivity contribution is 5.93. The van der Waals surface area contributed by atoms with E-state index < -0.39 is 18.0 Å². The zero-order valence-corrected chi connectivity index (χ0v) is 17.9. The summed E-state index contributed by atoms with van der Waals surface area (Å²) in [4.78, 5) is 38.1. The first-order valence-electron chi connectivity index (χ1n) is 11.2. The summed E-state index contributed by atoms with van der Waals surface area (Å²) >= 11 is 0. The minimum atomic E-state index is -0.808. The third-order valence-electron chi connectivity index (χ3n) is 7.21. The van der Waals surface area contributed by atoms with Crippen LogP contribution >= 0.6 is 0 Å². The number of hydrogen-bond acceptors (Lipinski definition) is 4. The van der Waals surface area contributed by atoms with Gasteiger partial charge in [0.25, 0.3) is 0 Å². The van der Waals surface area contributed by atoms with Crippen molar-refractivity contribution in [3.8, 4) is 0 Å². The molecule has 4 fully saturated rings. The average Bonchev–Trinajstić information content (AvgIpc) is 2.69. The van der Waals surface area contributed by atoms with Crippen LogP contribution in [0.4, 0.5) is 10.5 Å². The maximum Gasteiger partial charge on any atom is 0.329 e. The lowest BCUT2D eigenvalue weighted by Gasteiger charge is -2.55. The van der Waals surface area contributed by atoms with E-state index in [1.165, 1.54) is 19.3 Å². The van der Waals surface area contributed by atoms with Crippen molar-refractivity contribution < 1.29 is 19.1 Å². The third-order valence-corrected chi connectivity index (χ3v) is 7.21. The Morgan fingerprint density at radius 2 is 1.57 bits per heavy atom. The Kier molecular flexibility index (Phi) is 5.85. The number of carbonyl (C=O) groups is 3. The van der Waals surface area contributed by atoms with Crippen LogP contribution in [-0.4, -0.2) is 30.4 Å². The Bertz CT molecular complexity index is 769. The molecular formula is C24H32N2O4. The van der Waals surface area contributed by atoms with Crippen molar-refractivity contribution in [2.45, 2.75) is 58.4 Å². The van der Waals surface area contributed by atoms with Gasteiger partial charge in [-0.3, -0.25) is 4.79 Å². The Morgan fingerprint density at radius 1 is 1.00 bits per heavy atom. The molecule has 1 aromatic carbocycles. The summed E-state index contributed by atoms with van der Waals surface area (Å²) in [5.41, 5.74) is 0.364. The number of ether oxygens (including phenoxy) is 1. The number of ketones is 1. The predicted molar refractivity (Wildman–Crippen MR) is 114 cm³/mol. The van der Waals surface area contributed by atoms with Gasteiger partial charge in [-0.1, -0.05) is 32.0 Å². The van der Waals surface area contributed by atoms with Crippen LogP contribution in [0.25, 0.3) is 0 Å². The lowest BCUT2D eigenvalue weighted by Crippen LogP contribution is -2.52. The smallest absolute Gasteiger partial charge is 0.329 e. The summed E-state index contributed by atoms with van der Waals surface area (Å²) < 4.78 is 5.44. The van der Waals surface area contributed by atoms with Crippen molar-refractivity contribution in [3.63, 3.8) is 0 Å². The number of esters is 1. The molecule has 0 saturated heterocycles. The summed E-state index contributed by atoms with van der Waals surface area (Å²) in [5.74, 6) is 1.37. The van der Waals surface area contributed by atoms with E-state index in [1.807, 2.05) is 32.0 Å². The van der Waals surface area contributed by atoms with Gasteiger partial charge in [0.05, 0.1) is 0 Å². The van der Waals surface area contributed by atoms with E-state index in [4.69, 9.17) is 4.74 Å². The number of carbonyl (C=O) groups excluding carboxylic acids is 3. The van der Waals surface area contributed by atoms with Gasteiger partial charge in [-0.05, 0) is 74.3 Å². The second-order valence-corrected chi connectivity index (χ2v) is 9.91. The Balaban J connectivity index is 1.32. The number of benzene rings is 1. The fourth-order valence-corrected chi connectivity index (χ4v) is 6.16. The first-order chi connectivity index (χ1) is 14.3. The average molecular weight is 413 g/mol. The zero-order chi connectivity index (χ0) is 21.3. The number of hydrogen-bond donors (Lipinski definition) is 2. The molecule has 4 bridgehead atoms. The van der Waals surface area contributed by atoms with Crippen molar-refractivity contribution in [2.75, 3.05) is 11.9 Å². The SMILES string of the molecule is CC(C)[C@@H](NC(=O)Nc1ccccc1)C(=O)OCC(=O)C12CC3CC(CC(C3)C1)C2. The molecule has 0 spiro atoms. The number of urea groups is 1. The van der Waals surface area contributed by atoms with Crippen molar-refractivity contribution in [1.29, 1.82) is 0 Å². The number of rotatable bonds is 7. The molecular weight excluding hydrogens is 380 g/mol. The quantitative estimate of drug-likeness (QED) is 0.659. The van der Waals surface area contributed by atoms with Gasteiger partial charge < -0.3 is 15.4 Å². The molecule has 0 unspecified atom stereocenters. The summed E-state index contributed by atoms with van der Waals surface area (Å²) in [6.45, 7) is 3.50. The van der Waals surface area contributed by atoms with Crippen LogP contribution in [0, 0.1) is 29.1 Å². The maximum atomic E-state index is 13.1. The van der Waals surface area contributed by atoms with Gasteiger partial charge in [-0.15, -0.1) is 0 Å². The first kappa shape index (κ1) is 20.9. The lowest BCUT2D eigenvalue weighted by atomic mass is 9.48. The molecule has 0 aliphatic heterocycles. The van der Waals surface area contributed by atoms with Crippen molar-refractivity contribution in [3.05, 3.63) is 30.3 Å². The minimum Gasteiger partial charge on any atom is -0.456 e. The molecule has 6 heteroatoms. The molecule has 5 rings (SSSR count). The van der Waals surface area contributed by atoms with E-state index in [0.717, 1.165) is 19.3 Å². The highest BCUT2D eigenvalue weighted by Crippen LogP contribution is 2.60. The normalized spacial score (nSPS) is 30.0. The zero-order valence-electron chi connectivity index (χ0n) is 17.9. The first-order valence-corrected chi connectivity index (χ1v) is 11.2. The largest absolute Gasteiger partial charge is 0.456 e. The van der Waals surface area contributed by atoms with Gasteiger partial charge in [-0.2, -0.15) is 0 Å².